The molecule has 0 fully saturated rings. The molecule has 0 saturated heterocycles. The molecule has 62 valence electrons. The van der Waals surface area contributed by atoms with Crippen molar-refractivity contribution in [1.29, 1.82) is 5.26 Å². The topological polar surface area (TPSA) is 44.0 Å². The molecular weight excluding hydrogens is 225 g/mol. The van der Waals surface area contributed by atoms with E-state index in [1.807, 2.05) is 6.07 Å². The molecule has 12 heavy (non-hydrogen) atoms. The van der Waals surface area contributed by atoms with Crippen molar-refractivity contribution in [1.82, 2.24) is 0 Å². The minimum atomic E-state index is -0.511. The maximum atomic E-state index is 12.9. The Morgan fingerprint density at radius 1 is 1.58 bits per heavy atom. The predicted octanol–water partition coefficient (Wildman–Crippen LogP) is 1.95. The van der Waals surface area contributed by atoms with E-state index in [9.17, 15) is 4.39 Å². The zero-order valence-electron chi connectivity index (χ0n) is 6.01. The first-order valence-corrected chi connectivity index (χ1v) is 3.97. The molecule has 1 N–H and O–H groups in total. The summed E-state index contributed by atoms with van der Waals surface area (Å²) < 4.78 is 13.3. The molecule has 4 heteroatoms. The first-order valence-electron chi connectivity index (χ1n) is 3.18. The number of nitrogens with zero attached hydrogens (tertiary/aromatic N) is 1. The number of rotatable bonds is 1. The van der Waals surface area contributed by atoms with Crippen molar-refractivity contribution in [3.8, 4) is 6.07 Å². The molecule has 0 spiro atoms. The molecule has 0 radical (unpaired) electrons. The fourth-order valence-electron chi connectivity index (χ4n) is 0.801. The Hall–Kier alpha value is -0.920. The van der Waals surface area contributed by atoms with Crippen LogP contribution >= 0.6 is 15.9 Å². The summed E-state index contributed by atoms with van der Waals surface area (Å²) in [5, 5.41) is 17.2. The standard InChI is InChI=1S/C8H5BrFNO/c9-7-2-8(10)6(4-12)1-5(7)3-11/h1-2,12H,4H2. The molecule has 2 nitrogen and oxygen atoms in total. The van der Waals surface area contributed by atoms with Crippen LogP contribution in [-0.4, -0.2) is 5.11 Å². The second kappa shape index (κ2) is 3.65. The zero-order valence-corrected chi connectivity index (χ0v) is 7.60. The quantitative estimate of drug-likeness (QED) is 0.801. The van der Waals surface area contributed by atoms with E-state index in [1.165, 1.54) is 12.1 Å². The average molecular weight is 230 g/mol. The molecule has 0 aliphatic carbocycles. The second-order valence-electron chi connectivity index (χ2n) is 2.19. The summed E-state index contributed by atoms with van der Waals surface area (Å²) in [5.74, 6) is -0.511. The molecule has 0 amide bonds. The van der Waals surface area contributed by atoms with Crippen molar-refractivity contribution in [3.05, 3.63) is 33.5 Å². The first kappa shape index (κ1) is 9.17. The summed E-state index contributed by atoms with van der Waals surface area (Å²) in [4.78, 5) is 0. The summed E-state index contributed by atoms with van der Waals surface area (Å²) in [5.41, 5.74) is 0.454. The third-order valence-electron chi connectivity index (χ3n) is 1.43. The van der Waals surface area contributed by atoms with E-state index in [0.29, 0.717) is 10.0 Å². The molecule has 1 rings (SSSR count). The van der Waals surface area contributed by atoms with Gasteiger partial charge in [-0.15, -0.1) is 0 Å². The van der Waals surface area contributed by atoms with Gasteiger partial charge in [-0.1, -0.05) is 0 Å². The molecule has 0 aliphatic rings. The number of hydrogen-bond donors (Lipinski definition) is 1. The minimum Gasteiger partial charge on any atom is -0.392 e. The van der Waals surface area contributed by atoms with Gasteiger partial charge in [0.05, 0.1) is 12.2 Å². The highest BCUT2D eigenvalue weighted by Crippen LogP contribution is 2.20. The number of hydrogen-bond acceptors (Lipinski definition) is 2. The van der Waals surface area contributed by atoms with Crippen molar-refractivity contribution in [3.63, 3.8) is 0 Å². The van der Waals surface area contributed by atoms with Crippen molar-refractivity contribution in [2.75, 3.05) is 0 Å². The zero-order chi connectivity index (χ0) is 9.14. The van der Waals surface area contributed by atoms with Gasteiger partial charge in [-0.3, -0.25) is 0 Å². The summed E-state index contributed by atoms with van der Waals surface area (Å²) in [6.07, 6.45) is 0. The second-order valence-corrected chi connectivity index (χ2v) is 3.05. The summed E-state index contributed by atoms with van der Waals surface area (Å²) in [6, 6.07) is 4.36. The van der Waals surface area contributed by atoms with Crippen molar-refractivity contribution < 1.29 is 9.50 Å². The Balaban J connectivity index is 3.30. The lowest BCUT2D eigenvalue weighted by molar-refractivity contribution is 0.275. The molecule has 1 aromatic rings. The number of nitriles is 1. The van der Waals surface area contributed by atoms with Crippen LogP contribution in [0.1, 0.15) is 11.1 Å². The normalized spacial score (nSPS) is 9.50. The fourth-order valence-corrected chi connectivity index (χ4v) is 1.20. The van der Waals surface area contributed by atoms with Gasteiger partial charge in [-0.25, -0.2) is 4.39 Å². The van der Waals surface area contributed by atoms with Crippen LogP contribution in [0.15, 0.2) is 16.6 Å². The summed E-state index contributed by atoms with van der Waals surface area (Å²) in [6.45, 7) is -0.395. The molecule has 0 aromatic heterocycles. The number of aliphatic hydroxyl groups excluding tert-OH is 1. The lowest BCUT2D eigenvalue weighted by atomic mass is 10.1. The van der Waals surface area contributed by atoms with Gasteiger partial charge in [0.25, 0.3) is 0 Å². The van der Waals surface area contributed by atoms with Gasteiger partial charge in [0, 0.05) is 10.0 Å². The average Bonchev–Trinajstić information content (AvgIpc) is 2.05. The van der Waals surface area contributed by atoms with Crippen LogP contribution in [0.4, 0.5) is 4.39 Å². The van der Waals surface area contributed by atoms with Gasteiger partial charge >= 0.3 is 0 Å². The van der Waals surface area contributed by atoms with Crippen LogP contribution in [0.2, 0.25) is 0 Å². The lowest BCUT2D eigenvalue weighted by Gasteiger charge is -2.00. The van der Waals surface area contributed by atoms with Crippen LogP contribution in [-0.2, 0) is 6.61 Å². The molecule has 0 atom stereocenters. The maximum Gasteiger partial charge on any atom is 0.129 e. The Morgan fingerprint density at radius 2 is 2.25 bits per heavy atom. The monoisotopic (exact) mass is 229 g/mol. The van der Waals surface area contributed by atoms with Gasteiger partial charge in [0.15, 0.2) is 0 Å². The maximum absolute atomic E-state index is 12.9. The SMILES string of the molecule is N#Cc1cc(CO)c(F)cc1Br. The fraction of sp³-hybridized carbons (Fsp3) is 0.125. The van der Waals surface area contributed by atoms with Crippen LogP contribution in [0.25, 0.3) is 0 Å². The highest BCUT2D eigenvalue weighted by Gasteiger charge is 2.06. The van der Waals surface area contributed by atoms with Crippen LogP contribution in [0.5, 0.6) is 0 Å². The number of benzene rings is 1. The highest BCUT2D eigenvalue weighted by molar-refractivity contribution is 9.10. The molecular formula is C8H5BrFNO. The van der Waals surface area contributed by atoms with Crippen molar-refractivity contribution in [2.45, 2.75) is 6.61 Å². The largest absolute Gasteiger partial charge is 0.392 e. The highest BCUT2D eigenvalue weighted by atomic mass is 79.9. The number of aliphatic hydroxyl groups is 1. The van der Waals surface area contributed by atoms with Gasteiger partial charge < -0.3 is 5.11 Å². The molecule has 0 bridgehead atoms. The Bertz CT molecular complexity index is 346. The molecule has 0 saturated carbocycles. The minimum absolute atomic E-state index is 0.134. The molecule has 0 aliphatic heterocycles. The Labute approximate surface area is 77.4 Å². The van der Waals surface area contributed by atoms with Crippen molar-refractivity contribution in [2.24, 2.45) is 0 Å². The Morgan fingerprint density at radius 3 is 2.75 bits per heavy atom. The van der Waals surface area contributed by atoms with Crippen molar-refractivity contribution >= 4 is 15.9 Å². The third kappa shape index (κ3) is 1.63. The smallest absolute Gasteiger partial charge is 0.129 e. The molecule has 1 aromatic carbocycles. The van der Waals surface area contributed by atoms with Gasteiger partial charge in [0.2, 0.25) is 0 Å². The molecule has 0 heterocycles. The van der Waals surface area contributed by atoms with E-state index < -0.39 is 12.4 Å². The molecule has 0 unspecified atom stereocenters. The van der Waals surface area contributed by atoms with E-state index in [0.717, 1.165) is 0 Å². The third-order valence-corrected chi connectivity index (χ3v) is 2.08. The van der Waals surface area contributed by atoms with E-state index in [2.05, 4.69) is 15.9 Å². The Kier molecular flexibility index (Phi) is 2.79. The van der Waals surface area contributed by atoms with Gasteiger partial charge in [-0.2, -0.15) is 5.26 Å². The lowest BCUT2D eigenvalue weighted by Crippen LogP contribution is -1.91. The summed E-state index contributed by atoms with van der Waals surface area (Å²) >= 11 is 3.03. The van der Waals surface area contributed by atoms with Crippen LogP contribution in [0, 0.1) is 17.1 Å². The van der Waals surface area contributed by atoms with E-state index in [4.69, 9.17) is 10.4 Å². The van der Waals surface area contributed by atoms with Gasteiger partial charge in [0.1, 0.15) is 11.9 Å². The van der Waals surface area contributed by atoms with Gasteiger partial charge in [-0.05, 0) is 28.1 Å². The predicted molar refractivity (Wildman–Crippen MR) is 44.7 cm³/mol. The van der Waals surface area contributed by atoms with E-state index in [1.54, 1.807) is 0 Å². The first-order chi connectivity index (χ1) is 5.69. The van der Waals surface area contributed by atoms with Crippen LogP contribution < -0.4 is 0 Å². The van der Waals surface area contributed by atoms with Crippen LogP contribution in [0.3, 0.4) is 0 Å². The summed E-state index contributed by atoms with van der Waals surface area (Å²) in [7, 11) is 0. The van der Waals surface area contributed by atoms with E-state index >= 15 is 0 Å². The van der Waals surface area contributed by atoms with E-state index in [-0.39, 0.29) is 5.56 Å². The number of halogens is 2.